The van der Waals surface area contributed by atoms with E-state index >= 15 is 0 Å². The molecule has 6 rings (SSSR count). The zero-order valence-electron chi connectivity index (χ0n) is 22.3. The van der Waals surface area contributed by atoms with Gasteiger partial charge >= 0.3 is 0 Å². The molecule has 6 aromatic rings. The molecule has 0 heterocycles. The Balaban J connectivity index is 1.32. The van der Waals surface area contributed by atoms with E-state index in [1.54, 1.807) is 0 Å². The first-order valence-corrected chi connectivity index (χ1v) is 15.9. The van der Waals surface area contributed by atoms with Crippen LogP contribution in [0.25, 0.3) is 0 Å². The van der Waals surface area contributed by atoms with Gasteiger partial charge in [-0.1, -0.05) is 146 Å². The summed E-state index contributed by atoms with van der Waals surface area (Å²) in [5, 5.41) is 4.51. The average Bonchev–Trinajstić information content (AvgIpc) is 3.05. The summed E-state index contributed by atoms with van der Waals surface area (Å²) in [6, 6.07) is 57.0. The van der Waals surface area contributed by atoms with Gasteiger partial charge in [0.25, 0.3) is 0 Å². The van der Waals surface area contributed by atoms with Crippen molar-refractivity contribution in [3.8, 4) is 23.0 Å². The van der Waals surface area contributed by atoms with Crippen molar-refractivity contribution in [1.82, 2.24) is 0 Å². The highest BCUT2D eigenvalue weighted by Crippen LogP contribution is 2.45. The lowest BCUT2D eigenvalue weighted by molar-refractivity contribution is 0.438. The summed E-state index contributed by atoms with van der Waals surface area (Å²) < 4.78 is 20.1. The Morgan fingerprint density at radius 3 is 0.805 bits per heavy atom. The normalized spacial score (nSPS) is 10.9. The summed E-state index contributed by atoms with van der Waals surface area (Å²) in [6.45, 7) is 0. The number of rotatable bonds is 10. The third kappa shape index (κ3) is 6.67. The smallest absolute Gasteiger partial charge is 0.169 e. The van der Waals surface area contributed by atoms with Crippen molar-refractivity contribution >= 4 is 37.5 Å². The number of ether oxygens (including phenoxy) is 1. The lowest BCUT2D eigenvalue weighted by Gasteiger charge is -2.23. The molecule has 0 saturated carbocycles. The molecule has 5 heteroatoms. The Bertz CT molecular complexity index is 1460. The van der Waals surface area contributed by atoms with E-state index in [2.05, 4.69) is 48.5 Å². The van der Waals surface area contributed by atoms with E-state index < -0.39 is 16.3 Å². The van der Waals surface area contributed by atoms with Gasteiger partial charge in [-0.25, -0.2) is 0 Å². The van der Waals surface area contributed by atoms with Crippen LogP contribution >= 0.6 is 16.3 Å². The van der Waals surface area contributed by atoms with E-state index in [-0.39, 0.29) is 0 Å². The molecule has 0 N–H and O–H groups in total. The number of benzene rings is 6. The topological polar surface area (TPSA) is 27.7 Å². The van der Waals surface area contributed by atoms with Crippen molar-refractivity contribution in [3.63, 3.8) is 0 Å². The molecule has 0 bridgehead atoms. The monoisotopic (exact) mass is 570 g/mol. The zero-order valence-corrected chi connectivity index (χ0v) is 24.1. The van der Waals surface area contributed by atoms with Crippen molar-refractivity contribution in [1.29, 1.82) is 0 Å². The summed E-state index contributed by atoms with van der Waals surface area (Å²) in [7, 11) is -2.22. The molecule has 0 aliphatic carbocycles. The van der Waals surface area contributed by atoms with Gasteiger partial charge in [-0.2, -0.15) is 0 Å². The number of hydrogen-bond acceptors (Lipinski definition) is 3. The Kier molecular flexibility index (Phi) is 8.68. The lowest BCUT2D eigenvalue weighted by atomic mass is 10.3. The largest absolute Gasteiger partial charge is 0.461 e. The molecule has 0 amide bonds. The van der Waals surface area contributed by atoms with Gasteiger partial charge in [0.2, 0.25) is 0 Å². The summed E-state index contributed by atoms with van der Waals surface area (Å²) in [6.07, 6.45) is 0. The molecule has 0 unspecified atom stereocenters. The van der Waals surface area contributed by atoms with Gasteiger partial charge in [-0.05, 0) is 24.3 Å². The van der Waals surface area contributed by atoms with E-state index in [1.807, 2.05) is 121 Å². The molecule has 0 radical (unpaired) electrons. The average molecular weight is 571 g/mol. The van der Waals surface area contributed by atoms with Crippen molar-refractivity contribution in [2.24, 2.45) is 0 Å². The molecule has 200 valence electrons. The maximum atomic E-state index is 6.75. The highest BCUT2D eigenvalue weighted by molar-refractivity contribution is 7.69. The van der Waals surface area contributed by atoms with Crippen LogP contribution in [0.2, 0.25) is 0 Å². The van der Waals surface area contributed by atoms with Gasteiger partial charge in [-0.3, -0.25) is 0 Å². The van der Waals surface area contributed by atoms with Crippen LogP contribution in [0.4, 0.5) is 0 Å². The van der Waals surface area contributed by atoms with Crippen LogP contribution in [0, 0.1) is 0 Å². The van der Waals surface area contributed by atoms with Crippen molar-refractivity contribution in [2.45, 2.75) is 0 Å². The molecular weight excluding hydrogens is 542 g/mol. The van der Waals surface area contributed by atoms with Crippen molar-refractivity contribution in [3.05, 3.63) is 170 Å². The quantitative estimate of drug-likeness (QED) is 0.155. The fraction of sp³-hybridized carbons (Fsp3) is 0. The van der Waals surface area contributed by atoms with Crippen LogP contribution in [-0.2, 0) is 0 Å². The molecule has 0 atom stereocenters. The van der Waals surface area contributed by atoms with Crippen LogP contribution in [0.1, 0.15) is 0 Å². The molecule has 0 saturated heterocycles. The molecular formula is C36H28O3P2. The molecule has 0 aliphatic rings. The molecule has 0 fully saturated rings. The highest BCUT2D eigenvalue weighted by atomic mass is 31.1. The maximum absolute atomic E-state index is 6.75. The van der Waals surface area contributed by atoms with E-state index in [4.69, 9.17) is 13.8 Å². The predicted molar refractivity (Wildman–Crippen MR) is 172 cm³/mol. The van der Waals surface area contributed by atoms with E-state index in [0.29, 0.717) is 23.0 Å². The number of hydrogen-bond donors (Lipinski definition) is 0. The van der Waals surface area contributed by atoms with Crippen LogP contribution in [-0.4, -0.2) is 0 Å². The SMILES string of the molecule is c1ccc(P(Oc2ccccc2Oc2ccccc2OP(c2ccccc2)c2ccccc2)c2ccccc2)cc1. The van der Waals surface area contributed by atoms with Gasteiger partial charge in [0.15, 0.2) is 39.3 Å². The second-order valence-electron chi connectivity index (χ2n) is 9.11. The lowest BCUT2D eigenvalue weighted by Crippen LogP contribution is -2.16. The summed E-state index contributed by atoms with van der Waals surface area (Å²) in [5.74, 6) is 2.61. The second-order valence-corrected chi connectivity index (χ2v) is 12.7. The van der Waals surface area contributed by atoms with Gasteiger partial charge in [0.05, 0.1) is 0 Å². The minimum absolute atomic E-state index is 0.631. The first kappa shape index (κ1) is 26.8. The standard InChI is InChI=1S/C36H28O3P2/c1-5-17-29(18-6-1)40(30-19-7-2-8-20-30)38-35-27-15-13-25-33(35)37-34-26-14-16-28-36(34)39-41(31-21-9-3-10-22-31)32-23-11-4-12-24-32/h1-28H. The Hall–Kier alpha value is -4.42. The predicted octanol–water partition coefficient (Wildman–Crippen LogP) is 8.33. The van der Waals surface area contributed by atoms with Crippen LogP contribution in [0.3, 0.4) is 0 Å². The van der Waals surface area contributed by atoms with Crippen LogP contribution in [0.5, 0.6) is 23.0 Å². The summed E-state index contributed by atoms with van der Waals surface area (Å²) in [5.41, 5.74) is 0. The van der Waals surface area contributed by atoms with Gasteiger partial charge in [0, 0.05) is 21.2 Å². The molecule has 41 heavy (non-hydrogen) atoms. The number of para-hydroxylation sites is 4. The highest BCUT2D eigenvalue weighted by Gasteiger charge is 2.22. The summed E-state index contributed by atoms with van der Waals surface area (Å²) in [4.78, 5) is 0. The van der Waals surface area contributed by atoms with Crippen molar-refractivity contribution < 1.29 is 13.8 Å². The van der Waals surface area contributed by atoms with Gasteiger partial charge in [-0.15, -0.1) is 0 Å². The second kappa shape index (κ2) is 13.3. The van der Waals surface area contributed by atoms with E-state index in [9.17, 15) is 0 Å². The Labute approximate surface area is 243 Å². The fourth-order valence-corrected chi connectivity index (χ4v) is 7.78. The van der Waals surface area contributed by atoms with Crippen molar-refractivity contribution in [2.75, 3.05) is 0 Å². The molecule has 0 aromatic heterocycles. The minimum Gasteiger partial charge on any atom is -0.461 e. The molecule has 0 aliphatic heterocycles. The summed E-state index contributed by atoms with van der Waals surface area (Å²) >= 11 is 0. The maximum Gasteiger partial charge on any atom is 0.169 e. The van der Waals surface area contributed by atoms with Crippen LogP contribution in [0.15, 0.2) is 170 Å². The molecule has 0 spiro atoms. The van der Waals surface area contributed by atoms with Gasteiger partial charge < -0.3 is 13.8 Å². The Morgan fingerprint density at radius 1 is 0.268 bits per heavy atom. The minimum atomic E-state index is -1.11. The van der Waals surface area contributed by atoms with Crippen LogP contribution < -0.4 is 35.0 Å². The zero-order chi connectivity index (χ0) is 27.7. The van der Waals surface area contributed by atoms with E-state index in [1.165, 1.54) is 0 Å². The first-order chi connectivity index (χ1) is 20.3. The van der Waals surface area contributed by atoms with Gasteiger partial charge in [0.1, 0.15) is 0 Å². The third-order valence-electron chi connectivity index (χ3n) is 6.26. The van der Waals surface area contributed by atoms with E-state index in [0.717, 1.165) is 21.2 Å². The Morgan fingerprint density at radius 2 is 0.512 bits per heavy atom. The first-order valence-electron chi connectivity index (χ1n) is 13.4. The molecule has 3 nitrogen and oxygen atoms in total. The molecule has 6 aromatic carbocycles. The fourth-order valence-electron chi connectivity index (χ4n) is 4.30. The third-order valence-corrected chi connectivity index (χ3v) is 10.1.